The molecular weight excluding hydrogens is 275 g/mol. The Morgan fingerprint density at radius 3 is 3.06 bits per heavy atom. The van der Waals surface area contributed by atoms with Gasteiger partial charge in [-0.1, -0.05) is 15.9 Å². The lowest BCUT2D eigenvalue weighted by molar-refractivity contribution is -0.124. The molecule has 0 spiro atoms. The van der Waals surface area contributed by atoms with Crippen LogP contribution in [0.1, 0.15) is 5.56 Å². The van der Waals surface area contributed by atoms with Crippen molar-refractivity contribution in [1.29, 1.82) is 0 Å². The minimum atomic E-state index is -0.250. The van der Waals surface area contributed by atoms with Crippen LogP contribution < -0.4 is 5.32 Å². The second kappa shape index (κ2) is 4.93. The summed E-state index contributed by atoms with van der Waals surface area (Å²) in [5, 5.41) is 2.76. The van der Waals surface area contributed by atoms with Crippen LogP contribution >= 0.6 is 15.9 Å². The number of amides is 1. The third-order valence-electron chi connectivity index (χ3n) is 2.52. The fourth-order valence-electron chi connectivity index (χ4n) is 1.73. The van der Waals surface area contributed by atoms with Crippen LogP contribution in [-0.4, -0.2) is 30.4 Å². The van der Waals surface area contributed by atoms with E-state index < -0.39 is 0 Å². The van der Waals surface area contributed by atoms with Gasteiger partial charge in [0.15, 0.2) is 0 Å². The zero-order valence-corrected chi connectivity index (χ0v) is 10.3. The fourth-order valence-corrected chi connectivity index (χ4v) is 2.10. The number of carbonyl (C=O) groups excluding carboxylic acids is 1. The van der Waals surface area contributed by atoms with Crippen molar-refractivity contribution in [3.63, 3.8) is 0 Å². The van der Waals surface area contributed by atoms with Crippen LogP contribution in [0.25, 0.3) is 0 Å². The number of hydrogen-bond donors (Lipinski definition) is 1. The first kappa shape index (κ1) is 11.5. The highest BCUT2D eigenvalue weighted by atomic mass is 79.9. The number of rotatable bonds is 2. The molecule has 1 amide bonds. The first-order chi connectivity index (χ1) is 7.65. The molecule has 0 bridgehead atoms. The smallest absolute Gasteiger partial charge is 0.234 e. The molecule has 0 unspecified atom stereocenters. The van der Waals surface area contributed by atoms with Gasteiger partial charge in [-0.15, -0.1) is 0 Å². The molecule has 2 rings (SSSR count). The predicted molar refractivity (Wildman–Crippen MR) is 62.4 cm³/mol. The van der Waals surface area contributed by atoms with Crippen molar-refractivity contribution in [2.75, 3.05) is 19.6 Å². The van der Waals surface area contributed by atoms with E-state index in [0.29, 0.717) is 19.6 Å². The van der Waals surface area contributed by atoms with Crippen molar-refractivity contribution < 1.29 is 9.18 Å². The maximum atomic E-state index is 13.1. The minimum Gasteiger partial charge on any atom is -0.354 e. The van der Waals surface area contributed by atoms with Gasteiger partial charge in [0.1, 0.15) is 5.82 Å². The molecule has 0 aliphatic carbocycles. The summed E-state index contributed by atoms with van der Waals surface area (Å²) in [6.07, 6.45) is 0. The molecule has 5 heteroatoms. The first-order valence-electron chi connectivity index (χ1n) is 5.08. The number of carbonyl (C=O) groups is 1. The van der Waals surface area contributed by atoms with E-state index in [0.717, 1.165) is 16.6 Å². The normalized spacial score (nSPS) is 17.2. The van der Waals surface area contributed by atoms with E-state index in [4.69, 9.17) is 0 Å². The molecule has 86 valence electrons. The summed E-state index contributed by atoms with van der Waals surface area (Å²) >= 11 is 3.38. The molecule has 3 nitrogen and oxygen atoms in total. The van der Waals surface area contributed by atoms with Crippen molar-refractivity contribution in [2.45, 2.75) is 6.54 Å². The number of nitrogens with zero attached hydrogens (tertiary/aromatic N) is 1. The maximum Gasteiger partial charge on any atom is 0.234 e. The Morgan fingerprint density at radius 1 is 1.50 bits per heavy atom. The second-order valence-electron chi connectivity index (χ2n) is 3.80. The van der Waals surface area contributed by atoms with Gasteiger partial charge in [-0.2, -0.15) is 0 Å². The van der Waals surface area contributed by atoms with Crippen molar-refractivity contribution in [3.05, 3.63) is 34.1 Å². The average molecular weight is 287 g/mol. The van der Waals surface area contributed by atoms with Gasteiger partial charge in [0.05, 0.1) is 6.54 Å². The van der Waals surface area contributed by atoms with Gasteiger partial charge in [-0.25, -0.2) is 4.39 Å². The summed E-state index contributed by atoms with van der Waals surface area (Å²) in [4.78, 5) is 13.2. The summed E-state index contributed by atoms with van der Waals surface area (Å²) in [5.41, 5.74) is 0.870. The van der Waals surface area contributed by atoms with E-state index in [1.165, 1.54) is 12.1 Å². The molecule has 0 aromatic heterocycles. The summed E-state index contributed by atoms with van der Waals surface area (Å²) in [5.74, 6) is -0.224. The molecule has 1 N–H and O–H groups in total. The molecule has 0 atom stereocenters. The Balaban J connectivity index is 2.08. The number of piperazine rings is 1. The average Bonchev–Trinajstić information content (AvgIpc) is 2.24. The Hall–Kier alpha value is -0.940. The van der Waals surface area contributed by atoms with Crippen molar-refractivity contribution in [2.24, 2.45) is 0 Å². The lowest BCUT2D eigenvalue weighted by Crippen LogP contribution is -2.47. The molecule has 1 aromatic carbocycles. The van der Waals surface area contributed by atoms with E-state index in [-0.39, 0.29) is 11.7 Å². The quantitative estimate of drug-likeness (QED) is 0.894. The van der Waals surface area contributed by atoms with Crippen LogP contribution in [-0.2, 0) is 11.3 Å². The van der Waals surface area contributed by atoms with Gasteiger partial charge in [-0.3, -0.25) is 9.69 Å². The molecular formula is C11H12BrFN2O. The summed E-state index contributed by atoms with van der Waals surface area (Å²) < 4.78 is 13.9. The molecule has 1 aliphatic rings. The fraction of sp³-hybridized carbons (Fsp3) is 0.364. The largest absolute Gasteiger partial charge is 0.354 e. The summed E-state index contributed by atoms with van der Waals surface area (Å²) in [7, 11) is 0. The van der Waals surface area contributed by atoms with Gasteiger partial charge in [0.2, 0.25) is 5.91 Å². The minimum absolute atomic E-state index is 0.0266. The van der Waals surface area contributed by atoms with Crippen LogP contribution in [0.4, 0.5) is 4.39 Å². The molecule has 0 radical (unpaired) electrons. The Bertz CT molecular complexity index is 411. The van der Waals surface area contributed by atoms with E-state index in [2.05, 4.69) is 21.2 Å². The Kier molecular flexibility index (Phi) is 3.56. The van der Waals surface area contributed by atoms with E-state index in [9.17, 15) is 9.18 Å². The number of halogens is 2. The molecule has 0 saturated carbocycles. The lowest BCUT2D eigenvalue weighted by Gasteiger charge is -2.26. The lowest BCUT2D eigenvalue weighted by atomic mass is 10.2. The highest BCUT2D eigenvalue weighted by Crippen LogP contribution is 2.19. The number of hydrogen-bond acceptors (Lipinski definition) is 2. The van der Waals surface area contributed by atoms with Crippen LogP contribution in [0.2, 0.25) is 0 Å². The molecule has 16 heavy (non-hydrogen) atoms. The second-order valence-corrected chi connectivity index (χ2v) is 4.65. The zero-order valence-electron chi connectivity index (χ0n) is 8.67. The molecule has 1 aliphatic heterocycles. The zero-order chi connectivity index (χ0) is 11.5. The monoisotopic (exact) mass is 286 g/mol. The Morgan fingerprint density at radius 2 is 2.31 bits per heavy atom. The van der Waals surface area contributed by atoms with E-state index in [1.807, 2.05) is 4.90 Å². The molecule has 1 aromatic rings. The first-order valence-corrected chi connectivity index (χ1v) is 5.87. The maximum absolute atomic E-state index is 13.1. The highest BCUT2D eigenvalue weighted by Gasteiger charge is 2.17. The van der Waals surface area contributed by atoms with Crippen LogP contribution in [0.15, 0.2) is 22.7 Å². The Labute approximate surface area is 102 Å². The van der Waals surface area contributed by atoms with Crippen molar-refractivity contribution in [1.82, 2.24) is 10.2 Å². The SMILES string of the molecule is O=C1CN(Cc2cc(F)ccc2Br)CCN1. The summed E-state index contributed by atoms with van der Waals surface area (Å²) in [6, 6.07) is 4.60. The van der Waals surface area contributed by atoms with Crippen molar-refractivity contribution in [3.8, 4) is 0 Å². The number of benzene rings is 1. The van der Waals surface area contributed by atoms with Crippen LogP contribution in [0, 0.1) is 5.82 Å². The highest BCUT2D eigenvalue weighted by molar-refractivity contribution is 9.10. The van der Waals surface area contributed by atoms with Gasteiger partial charge < -0.3 is 5.32 Å². The third-order valence-corrected chi connectivity index (χ3v) is 3.29. The van der Waals surface area contributed by atoms with Gasteiger partial charge in [-0.05, 0) is 23.8 Å². The molecule has 1 fully saturated rings. The topological polar surface area (TPSA) is 32.3 Å². The third kappa shape index (κ3) is 2.80. The van der Waals surface area contributed by atoms with E-state index in [1.54, 1.807) is 6.07 Å². The van der Waals surface area contributed by atoms with Crippen LogP contribution in [0.3, 0.4) is 0 Å². The number of nitrogens with one attached hydrogen (secondary N) is 1. The van der Waals surface area contributed by atoms with Gasteiger partial charge >= 0.3 is 0 Å². The van der Waals surface area contributed by atoms with Crippen LogP contribution in [0.5, 0.6) is 0 Å². The van der Waals surface area contributed by atoms with Gasteiger partial charge in [0, 0.05) is 24.1 Å². The summed E-state index contributed by atoms with van der Waals surface area (Å²) in [6.45, 7) is 2.43. The van der Waals surface area contributed by atoms with Gasteiger partial charge in [0.25, 0.3) is 0 Å². The standard InChI is InChI=1S/C11H12BrFN2O/c12-10-2-1-9(13)5-8(10)6-15-4-3-14-11(16)7-15/h1-2,5H,3-4,6-7H2,(H,14,16). The van der Waals surface area contributed by atoms with E-state index >= 15 is 0 Å². The molecule has 1 saturated heterocycles. The molecule has 1 heterocycles. The predicted octanol–water partition coefficient (Wildman–Crippen LogP) is 1.52. The van der Waals surface area contributed by atoms with Crippen molar-refractivity contribution >= 4 is 21.8 Å².